The van der Waals surface area contributed by atoms with Crippen LogP contribution in [0.15, 0.2) is 42.5 Å². The minimum absolute atomic E-state index is 0.238. The number of hydrogen-bond acceptors (Lipinski definition) is 2. The first-order chi connectivity index (χ1) is 12.2. The Kier molecular flexibility index (Phi) is 8.23. The number of aryl methyl sites for hydroxylation is 1. The van der Waals surface area contributed by atoms with Gasteiger partial charge in [-0.15, -0.1) is 0 Å². The molecule has 0 aliphatic carbocycles. The van der Waals surface area contributed by atoms with Crippen molar-refractivity contribution < 1.29 is 14.7 Å². The Morgan fingerprint density at radius 3 is 2.68 bits per heavy atom. The SMILES string of the molecule is O=C(O)CCCCCCN1C(=O)CC[C@@H]1/C=C/CCc1ccccc1. The lowest BCUT2D eigenvalue weighted by Crippen LogP contribution is -2.32. The van der Waals surface area contributed by atoms with Gasteiger partial charge in [-0.25, -0.2) is 0 Å². The molecule has 1 N–H and O–H groups in total. The van der Waals surface area contributed by atoms with Crippen molar-refractivity contribution in [3.05, 3.63) is 48.0 Å². The standard InChI is InChI=1S/C21H29NO3/c23-20-16-15-19(13-8-7-12-18-10-4-3-5-11-18)22(20)17-9-2-1-6-14-21(24)25/h3-5,8,10-11,13,19H,1-2,6-7,9,12,14-17H2,(H,24,25)/b13-8+/t19-/m0/s1. The van der Waals surface area contributed by atoms with Crippen molar-refractivity contribution in [1.82, 2.24) is 4.90 Å². The largest absolute Gasteiger partial charge is 0.481 e. The van der Waals surface area contributed by atoms with Gasteiger partial charge < -0.3 is 10.0 Å². The number of carboxylic acids is 1. The number of hydrogen-bond donors (Lipinski definition) is 1. The second-order valence-electron chi connectivity index (χ2n) is 6.70. The third-order valence-electron chi connectivity index (χ3n) is 4.72. The number of carbonyl (C=O) groups excluding carboxylic acids is 1. The second-order valence-corrected chi connectivity index (χ2v) is 6.70. The number of amides is 1. The zero-order valence-electron chi connectivity index (χ0n) is 14.9. The van der Waals surface area contributed by atoms with Gasteiger partial charge in [0, 0.05) is 19.4 Å². The van der Waals surface area contributed by atoms with Crippen LogP contribution in [0, 0.1) is 0 Å². The lowest BCUT2D eigenvalue weighted by Gasteiger charge is -2.22. The molecule has 1 amide bonds. The van der Waals surface area contributed by atoms with Gasteiger partial charge in [0.1, 0.15) is 0 Å². The first-order valence-corrected chi connectivity index (χ1v) is 9.38. The van der Waals surface area contributed by atoms with E-state index >= 15 is 0 Å². The molecule has 25 heavy (non-hydrogen) atoms. The number of aliphatic carboxylic acids is 1. The lowest BCUT2D eigenvalue weighted by atomic mass is 10.1. The van der Waals surface area contributed by atoms with Crippen molar-refractivity contribution in [2.45, 2.75) is 63.8 Å². The van der Waals surface area contributed by atoms with Crippen molar-refractivity contribution >= 4 is 11.9 Å². The molecule has 4 heteroatoms. The predicted octanol–water partition coefficient (Wildman–Crippen LogP) is 4.20. The summed E-state index contributed by atoms with van der Waals surface area (Å²) in [5.41, 5.74) is 1.34. The van der Waals surface area contributed by atoms with Gasteiger partial charge in [0.05, 0.1) is 6.04 Å². The number of benzene rings is 1. The van der Waals surface area contributed by atoms with Crippen LogP contribution >= 0.6 is 0 Å². The van der Waals surface area contributed by atoms with E-state index in [0.29, 0.717) is 6.42 Å². The lowest BCUT2D eigenvalue weighted by molar-refractivity contribution is -0.137. The number of unbranched alkanes of at least 4 members (excludes halogenated alkanes) is 3. The van der Waals surface area contributed by atoms with E-state index in [2.05, 4.69) is 36.4 Å². The summed E-state index contributed by atoms with van der Waals surface area (Å²) in [4.78, 5) is 24.5. The maximum Gasteiger partial charge on any atom is 0.303 e. The molecule has 1 atom stereocenters. The van der Waals surface area contributed by atoms with Crippen LogP contribution in [0.3, 0.4) is 0 Å². The van der Waals surface area contributed by atoms with E-state index in [9.17, 15) is 9.59 Å². The van der Waals surface area contributed by atoms with Gasteiger partial charge in [-0.2, -0.15) is 0 Å². The van der Waals surface area contributed by atoms with E-state index in [0.717, 1.165) is 51.5 Å². The van der Waals surface area contributed by atoms with Crippen molar-refractivity contribution in [3.8, 4) is 0 Å². The molecule has 2 rings (SSSR count). The van der Waals surface area contributed by atoms with Gasteiger partial charge in [0.15, 0.2) is 0 Å². The molecule has 1 aromatic rings. The van der Waals surface area contributed by atoms with Crippen molar-refractivity contribution in [2.24, 2.45) is 0 Å². The molecule has 136 valence electrons. The smallest absolute Gasteiger partial charge is 0.303 e. The molecule has 0 bridgehead atoms. The highest BCUT2D eigenvalue weighted by atomic mass is 16.4. The molecule has 0 unspecified atom stereocenters. The zero-order chi connectivity index (χ0) is 17.9. The average Bonchev–Trinajstić information content (AvgIpc) is 2.95. The first kappa shape index (κ1) is 19.2. The summed E-state index contributed by atoms with van der Waals surface area (Å²) < 4.78 is 0. The summed E-state index contributed by atoms with van der Waals surface area (Å²) in [5.74, 6) is -0.473. The van der Waals surface area contributed by atoms with E-state index in [1.807, 2.05) is 11.0 Å². The highest BCUT2D eigenvalue weighted by Gasteiger charge is 2.28. The molecular weight excluding hydrogens is 314 g/mol. The van der Waals surface area contributed by atoms with Gasteiger partial charge in [-0.1, -0.05) is 55.3 Å². The van der Waals surface area contributed by atoms with Crippen molar-refractivity contribution in [2.75, 3.05) is 6.54 Å². The quantitative estimate of drug-likeness (QED) is 0.484. The monoisotopic (exact) mass is 343 g/mol. The number of allylic oxidation sites excluding steroid dienone is 1. The predicted molar refractivity (Wildman–Crippen MR) is 99.4 cm³/mol. The molecule has 1 aliphatic rings. The molecule has 1 fully saturated rings. The molecule has 4 nitrogen and oxygen atoms in total. The van der Waals surface area contributed by atoms with Gasteiger partial charge >= 0.3 is 5.97 Å². The van der Waals surface area contributed by atoms with Crippen LogP contribution in [-0.4, -0.2) is 34.5 Å². The van der Waals surface area contributed by atoms with Crippen LogP contribution in [0.5, 0.6) is 0 Å². The highest BCUT2D eigenvalue weighted by molar-refractivity contribution is 5.79. The Balaban J connectivity index is 1.67. The molecule has 0 saturated carbocycles. The van der Waals surface area contributed by atoms with Crippen molar-refractivity contribution in [3.63, 3.8) is 0 Å². The van der Waals surface area contributed by atoms with Gasteiger partial charge in [0.25, 0.3) is 0 Å². The molecule has 0 spiro atoms. The van der Waals surface area contributed by atoms with E-state index in [4.69, 9.17) is 5.11 Å². The molecule has 0 aromatic heterocycles. The van der Waals surface area contributed by atoms with Crippen LogP contribution in [0.25, 0.3) is 0 Å². The van der Waals surface area contributed by atoms with E-state index in [1.165, 1.54) is 5.56 Å². The number of carbonyl (C=O) groups is 2. The molecule has 1 heterocycles. The summed E-state index contributed by atoms with van der Waals surface area (Å²) in [6, 6.07) is 10.7. The Labute approximate surface area is 150 Å². The Hall–Kier alpha value is -2.10. The summed E-state index contributed by atoms with van der Waals surface area (Å²) in [6.07, 6.45) is 11.8. The maximum atomic E-state index is 12.1. The molecule has 1 saturated heterocycles. The average molecular weight is 343 g/mol. The molecule has 1 aromatic carbocycles. The Morgan fingerprint density at radius 1 is 1.16 bits per heavy atom. The van der Waals surface area contributed by atoms with Crippen molar-refractivity contribution in [1.29, 1.82) is 0 Å². The summed E-state index contributed by atoms with van der Waals surface area (Å²) in [7, 11) is 0. The molecular formula is C21H29NO3. The van der Waals surface area contributed by atoms with Crippen LogP contribution in [0.2, 0.25) is 0 Å². The number of likely N-dealkylation sites (tertiary alicyclic amines) is 1. The summed E-state index contributed by atoms with van der Waals surface area (Å²) in [6.45, 7) is 0.791. The maximum absolute atomic E-state index is 12.1. The Morgan fingerprint density at radius 2 is 1.92 bits per heavy atom. The fourth-order valence-electron chi connectivity index (χ4n) is 3.31. The number of carboxylic acid groups (broad SMARTS) is 1. The molecule has 0 radical (unpaired) electrons. The summed E-state index contributed by atoms with van der Waals surface area (Å²) in [5, 5.41) is 8.63. The van der Waals surface area contributed by atoms with Gasteiger partial charge in [0.2, 0.25) is 5.91 Å². The fourth-order valence-corrected chi connectivity index (χ4v) is 3.31. The minimum Gasteiger partial charge on any atom is -0.481 e. The number of nitrogens with zero attached hydrogens (tertiary/aromatic N) is 1. The third kappa shape index (κ3) is 7.12. The van der Waals surface area contributed by atoms with Gasteiger partial charge in [-0.05, 0) is 37.7 Å². The third-order valence-corrected chi connectivity index (χ3v) is 4.72. The fraction of sp³-hybridized carbons (Fsp3) is 0.524. The first-order valence-electron chi connectivity index (χ1n) is 9.38. The number of rotatable bonds is 11. The van der Waals surface area contributed by atoms with E-state index in [-0.39, 0.29) is 18.4 Å². The summed E-state index contributed by atoms with van der Waals surface area (Å²) >= 11 is 0. The minimum atomic E-state index is -0.726. The van der Waals surface area contributed by atoms with Crippen LogP contribution in [0.1, 0.15) is 56.9 Å². The topological polar surface area (TPSA) is 57.6 Å². The second kappa shape index (κ2) is 10.7. The van der Waals surface area contributed by atoms with Gasteiger partial charge in [-0.3, -0.25) is 9.59 Å². The normalized spacial score (nSPS) is 17.5. The zero-order valence-corrected chi connectivity index (χ0v) is 14.9. The molecule has 1 aliphatic heterocycles. The van der Waals surface area contributed by atoms with Crippen LogP contribution in [0.4, 0.5) is 0 Å². The van der Waals surface area contributed by atoms with E-state index in [1.54, 1.807) is 0 Å². The van der Waals surface area contributed by atoms with Crippen LogP contribution in [-0.2, 0) is 16.0 Å². The van der Waals surface area contributed by atoms with E-state index < -0.39 is 5.97 Å². The highest BCUT2D eigenvalue weighted by Crippen LogP contribution is 2.21. The Bertz CT molecular complexity index is 568. The van der Waals surface area contributed by atoms with Crippen LogP contribution < -0.4 is 0 Å².